The minimum absolute atomic E-state index is 0. The van der Waals surface area contributed by atoms with Crippen LogP contribution in [0.25, 0.3) is 0 Å². The Hall–Kier alpha value is 0.0200. The van der Waals surface area contributed by atoms with E-state index in [1.807, 2.05) is 30.3 Å². The molecule has 0 spiro atoms. The summed E-state index contributed by atoms with van der Waals surface area (Å²) in [4.78, 5) is 0. The smallest absolute Gasteiger partial charge is 0.665 e. The SMILES string of the molecule is [CH2-]Oc1ccccc1.[Na+]. The Morgan fingerprint density at radius 1 is 1.11 bits per heavy atom. The Kier molecular flexibility index (Phi) is 4.87. The van der Waals surface area contributed by atoms with E-state index in [2.05, 4.69) is 11.8 Å². The molecule has 0 heterocycles. The van der Waals surface area contributed by atoms with Crippen molar-refractivity contribution in [1.29, 1.82) is 0 Å². The molecule has 1 aromatic carbocycles. The molecule has 1 nitrogen and oxygen atoms in total. The molecule has 0 amide bonds. The van der Waals surface area contributed by atoms with Gasteiger partial charge in [-0.3, -0.25) is 0 Å². The Balaban J connectivity index is 0.000000640. The van der Waals surface area contributed by atoms with Crippen molar-refractivity contribution < 1.29 is 34.3 Å². The van der Waals surface area contributed by atoms with E-state index in [0.29, 0.717) is 0 Å². The van der Waals surface area contributed by atoms with E-state index in [0.717, 1.165) is 5.75 Å². The maximum Gasteiger partial charge on any atom is 1.00 e. The van der Waals surface area contributed by atoms with E-state index in [9.17, 15) is 0 Å². The Morgan fingerprint density at radius 3 is 2.00 bits per heavy atom. The molecule has 0 aromatic heterocycles. The molecule has 0 aliphatic rings. The zero-order valence-electron chi connectivity index (χ0n) is 5.50. The van der Waals surface area contributed by atoms with Gasteiger partial charge >= 0.3 is 29.6 Å². The van der Waals surface area contributed by atoms with E-state index in [1.54, 1.807) is 0 Å². The van der Waals surface area contributed by atoms with Crippen molar-refractivity contribution in [2.45, 2.75) is 0 Å². The van der Waals surface area contributed by atoms with Gasteiger partial charge in [0.15, 0.2) is 0 Å². The Morgan fingerprint density at radius 2 is 1.67 bits per heavy atom. The van der Waals surface area contributed by atoms with Gasteiger partial charge in [-0.05, 0) is 12.1 Å². The van der Waals surface area contributed by atoms with Crippen molar-refractivity contribution in [3.05, 3.63) is 37.4 Å². The summed E-state index contributed by atoms with van der Waals surface area (Å²) in [5, 5.41) is 0. The molecule has 1 aromatic rings. The largest absolute Gasteiger partial charge is 1.00 e. The summed E-state index contributed by atoms with van der Waals surface area (Å²) in [5.41, 5.74) is 0. The van der Waals surface area contributed by atoms with Crippen LogP contribution in [0.3, 0.4) is 0 Å². The molecule has 1 rings (SSSR count). The first-order valence-corrected chi connectivity index (χ1v) is 2.40. The van der Waals surface area contributed by atoms with Gasteiger partial charge in [-0.1, -0.05) is 18.2 Å². The van der Waals surface area contributed by atoms with Crippen molar-refractivity contribution in [2.75, 3.05) is 0 Å². The van der Waals surface area contributed by atoms with Gasteiger partial charge in [0.05, 0.1) is 5.75 Å². The Labute approximate surface area is 77.3 Å². The molecule has 0 N–H and O–H groups in total. The molecule has 0 radical (unpaired) electrons. The first kappa shape index (κ1) is 9.02. The average Bonchev–Trinajstić information content (AvgIpc) is 1.90. The summed E-state index contributed by atoms with van der Waals surface area (Å²) in [5.74, 6) is 0.799. The molecule has 9 heavy (non-hydrogen) atoms. The van der Waals surface area contributed by atoms with Crippen LogP contribution in [0.2, 0.25) is 0 Å². The van der Waals surface area contributed by atoms with Crippen LogP contribution in [-0.2, 0) is 0 Å². The second-order valence-corrected chi connectivity index (χ2v) is 1.46. The first-order valence-electron chi connectivity index (χ1n) is 2.40. The fraction of sp³-hybridized carbons (Fsp3) is 0. The zero-order valence-corrected chi connectivity index (χ0v) is 7.50. The molecule has 0 fully saturated rings. The van der Waals surface area contributed by atoms with Gasteiger partial charge < -0.3 is 4.74 Å². The van der Waals surface area contributed by atoms with Crippen LogP contribution in [0.15, 0.2) is 30.3 Å². The van der Waals surface area contributed by atoms with Crippen molar-refractivity contribution in [3.8, 4) is 5.75 Å². The molecular formula is C7H7NaO. The monoisotopic (exact) mass is 130 g/mol. The molecule has 0 saturated carbocycles. The Bertz CT molecular complexity index is 150. The van der Waals surface area contributed by atoms with Gasteiger partial charge in [0.2, 0.25) is 0 Å². The third-order valence-corrected chi connectivity index (χ3v) is 0.910. The van der Waals surface area contributed by atoms with Crippen LogP contribution in [0.1, 0.15) is 0 Å². The molecule has 0 atom stereocenters. The van der Waals surface area contributed by atoms with Crippen LogP contribution < -0.4 is 34.3 Å². The summed E-state index contributed by atoms with van der Waals surface area (Å²) in [6.07, 6.45) is 0. The van der Waals surface area contributed by atoms with Gasteiger partial charge in [0.1, 0.15) is 0 Å². The van der Waals surface area contributed by atoms with E-state index in [1.165, 1.54) is 0 Å². The summed E-state index contributed by atoms with van der Waals surface area (Å²) in [6.45, 7) is 0. The normalized spacial score (nSPS) is 7.67. The predicted molar refractivity (Wildman–Crippen MR) is 32.4 cm³/mol. The summed E-state index contributed by atoms with van der Waals surface area (Å²) >= 11 is 0. The summed E-state index contributed by atoms with van der Waals surface area (Å²) < 4.78 is 4.66. The molecule has 0 aliphatic heterocycles. The van der Waals surface area contributed by atoms with Gasteiger partial charge in [-0.25, -0.2) is 0 Å². The maximum absolute atomic E-state index is 4.66. The van der Waals surface area contributed by atoms with Crippen LogP contribution in [-0.4, -0.2) is 0 Å². The van der Waals surface area contributed by atoms with E-state index >= 15 is 0 Å². The van der Waals surface area contributed by atoms with Crippen LogP contribution >= 0.6 is 0 Å². The molecule has 0 saturated heterocycles. The fourth-order valence-electron chi connectivity index (χ4n) is 0.517. The number of benzene rings is 1. The zero-order chi connectivity index (χ0) is 5.82. The first-order chi connectivity index (χ1) is 3.93. The van der Waals surface area contributed by atoms with Crippen molar-refractivity contribution in [3.63, 3.8) is 0 Å². The van der Waals surface area contributed by atoms with Gasteiger partial charge in [-0.15, -0.1) is 0 Å². The van der Waals surface area contributed by atoms with Gasteiger partial charge in [-0.2, -0.15) is 7.11 Å². The standard InChI is InChI=1S/C7H7O.Na/c1-8-7-5-3-2-4-6-7;/h2-6H,1H2;/q-1;+1. The topological polar surface area (TPSA) is 9.23 Å². The van der Waals surface area contributed by atoms with E-state index < -0.39 is 0 Å². The maximum atomic E-state index is 4.66. The minimum Gasteiger partial charge on any atom is -0.665 e. The van der Waals surface area contributed by atoms with Gasteiger partial charge in [0, 0.05) is 0 Å². The van der Waals surface area contributed by atoms with Crippen LogP contribution in [0.4, 0.5) is 0 Å². The summed E-state index contributed by atoms with van der Waals surface area (Å²) in [7, 11) is 3.26. The summed E-state index contributed by atoms with van der Waals surface area (Å²) in [6, 6.07) is 9.45. The predicted octanol–water partition coefficient (Wildman–Crippen LogP) is -1.14. The molecule has 0 bridgehead atoms. The van der Waals surface area contributed by atoms with Gasteiger partial charge in [0.25, 0.3) is 0 Å². The number of rotatable bonds is 1. The molecule has 0 aliphatic carbocycles. The molecule has 42 valence electrons. The third kappa shape index (κ3) is 2.89. The number of para-hydroxylation sites is 1. The van der Waals surface area contributed by atoms with Crippen molar-refractivity contribution in [2.24, 2.45) is 0 Å². The van der Waals surface area contributed by atoms with E-state index in [-0.39, 0.29) is 29.6 Å². The quantitative estimate of drug-likeness (QED) is 0.345. The number of hydrogen-bond donors (Lipinski definition) is 0. The van der Waals surface area contributed by atoms with Crippen molar-refractivity contribution >= 4 is 0 Å². The molecule has 0 unspecified atom stereocenters. The second-order valence-electron chi connectivity index (χ2n) is 1.46. The third-order valence-electron chi connectivity index (χ3n) is 0.910. The second kappa shape index (κ2) is 4.86. The fourth-order valence-corrected chi connectivity index (χ4v) is 0.517. The van der Waals surface area contributed by atoms with E-state index in [4.69, 9.17) is 0 Å². The number of hydrogen-bond acceptors (Lipinski definition) is 1. The van der Waals surface area contributed by atoms with Crippen LogP contribution in [0.5, 0.6) is 5.75 Å². The molecule has 2 heteroatoms. The molecular weight excluding hydrogens is 123 g/mol. The van der Waals surface area contributed by atoms with Crippen molar-refractivity contribution in [1.82, 2.24) is 0 Å². The minimum atomic E-state index is 0. The number of ether oxygens (including phenoxy) is 1. The van der Waals surface area contributed by atoms with Crippen LogP contribution in [0, 0.1) is 7.11 Å². The average molecular weight is 130 g/mol.